The van der Waals surface area contributed by atoms with Crippen molar-refractivity contribution in [2.24, 2.45) is 5.92 Å². The van der Waals surface area contributed by atoms with Gasteiger partial charge in [-0.1, -0.05) is 13.8 Å². The second-order valence-electron chi connectivity index (χ2n) is 3.61. The van der Waals surface area contributed by atoms with Gasteiger partial charge in [-0.05, 0) is 12.8 Å². The van der Waals surface area contributed by atoms with E-state index in [0.29, 0.717) is 12.5 Å². The van der Waals surface area contributed by atoms with Crippen LogP contribution in [-0.4, -0.2) is 24.7 Å². The van der Waals surface area contributed by atoms with Gasteiger partial charge in [-0.15, -0.1) is 0 Å². The minimum atomic E-state index is -0.171. The lowest BCUT2D eigenvalue weighted by Crippen LogP contribution is -2.58. The summed E-state index contributed by atoms with van der Waals surface area (Å²) in [7, 11) is 0. The van der Waals surface area contributed by atoms with E-state index < -0.39 is 0 Å². The maximum absolute atomic E-state index is 10.9. The Kier molecular flexibility index (Phi) is 2.18. The Hall–Kier alpha value is -0.570. The first-order valence-electron chi connectivity index (χ1n) is 3.93. The van der Waals surface area contributed by atoms with Gasteiger partial charge in [0.1, 0.15) is 6.61 Å². The highest BCUT2D eigenvalue weighted by molar-refractivity contribution is 5.78. The molecule has 3 nitrogen and oxygen atoms in total. The monoisotopic (exact) mass is 157 g/mol. The molecule has 1 N–H and O–H groups in total. The summed E-state index contributed by atoms with van der Waals surface area (Å²) in [6, 6.07) is 0. The van der Waals surface area contributed by atoms with Crippen molar-refractivity contribution in [1.82, 2.24) is 5.32 Å². The standard InChI is InChI=1S/C8H15NO2/c1-6(2)8(3)5-11-4-7(10)9-8/h6H,4-5H2,1-3H3,(H,9,10). The number of carbonyl (C=O) groups excluding carboxylic acids is 1. The Bertz CT molecular complexity index is 167. The van der Waals surface area contributed by atoms with Crippen molar-refractivity contribution in [3.63, 3.8) is 0 Å². The smallest absolute Gasteiger partial charge is 0.246 e. The van der Waals surface area contributed by atoms with Gasteiger partial charge < -0.3 is 10.1 Å². The van der Waals surface area contributed by atoms with Crippen LogP contribution >= 0.6 is 0 Å². The third-order valence-corrected chi connectivity index (χ3v) is 2.33. The zero-order valence-electron chi connectivity index (χ0n) is 7.31. The number of morpholine rings is 1. The van der Waals surface area contributed by atoms with Crippen LogP contribution < -0.4 is 5.32 Å². The van der Waals surface area contributed by atoms with E-state index >= 15 is 0 Å². The SMILES string of the molecule is CC(C)C1(C)COCC(=O)N1. The van der Waals surface area contributed by atoms with Gasteiger partial charge in [0.05, 0.1) is 12.1 Å². The number of hydrogen-bond donors (Lipinski definition) is 1. The van der Waals surface area contributed by atoms with Crippen LogP contribution in [0.2, 0.25) is 0 Å². The first kappa shape index (κ1) is 8.53. The van der Waals surface area contributed by atoms with Crippen LogP contribution in [0.1, 0.15) is 20.8 Å². The van der Waals surface area contributed by atoms with Gasteiger partial charge in [0.25, 0.3) is 0 Å². The molecule has 0 aliphatic carbocycles. The molecule has 64 valence electrons. The molecule has 1 saturated heterocycles. The van der Waals surface area contributed by atoms with Crippen molar-refractivity contribution in [3.05, 3.63) is 0 Å². The predicted molar refractivity (Wildman–Crippen MR) is 42.2 cm³/mol. The van der Waals surface area contributed by atoms with E-state index in [1.165, 1.54) is 0 Å². The molecule has 0 aromatic rings. The molecule has 1 amide bonds. The number of rotatable bonds is 1. The Morgan fingerprint density at radius 1 is 1.64 bits per heavy atom. The van der Waals surface area contributed by atoms with E-state index in [0.717, 1.165) is 0 Å². The average molecular weight is 157 g/mol. The third-order valence-electron chi connectivity index (χ3n) is 2.33. The van der Waals surface area contributed by atoms with E-state index in [1.54, 1.807) is 0 Å². The molecule has 1 heterocycles. The van der Waals surface area contributed by atoms with Crippen molar-refractivity contribution in [2.45, 2.75) is 26.3 Å². The topological polar surface area (TPSA) is 38.3 Å². The Morgan fingerprint density at radius 3 is 2.64 bits per heavy atom. The second-order valence-corrected chi connectivity index (χ2v) is 3.61. The number of amides is 1. The molecule has 1 fully saturated rings. The molecular weight excluding hydrogens is 142 g/mol. The highest BCUT2D eigenvalue weighted by atomic mass is 16.5. The van der Waals surface area contributed by atoms with Crippen LogP contribution in [0.5, 0.6) is 0 Å². The van der Waals surface area contributed by atoms with Gasteiger partial charge in [0, 0.05) is 0 Å². The van der Waals surface area contributed by atoms with Crippen molar-refractivity contribution >= 4 is 5.91 Å². The van der Waals surface area contributed by atoms with Crippen LogP contribution in [0, 0.1) is 5.92 Å². The predicted octanol–water partition coefficient (Wildman–Crippen LogP) is 0.547. The lowest BCUT2D eigenvalue weighted by Gasteiger charge is -2.37. The molecule has 11 heavy (non-hydrogen) atoms. The summed E-state index contributed by atoms with van der Waals surface area (Å²) >= 11 is 0. The zero-order valence-corrected chi connectivity index (χ0v) is 7.31. The summed E-state index contributed by atoms with van der Waals surface area (Å²) in [5, 5.41) is 2.93. The Balaban J connectivity index is 2.62. The quantitative estimate of drug-likeness (QED) is 0.603. The first-order valence-corrected chi connectivity index (χ1v) is 3.93. The Morgan fingerprint density at radius 2 is 2.27 bits per heavy atom. The molecule has 1 rings (SSSR count). The number of ether oxygens (including phenoxy) is 1. The summed E-state index contributed by atoms with van der Waals surface area (Å²) in [5.41, 5.74) is -0.171. The average Bonchev–Trinajstić information content (AvgIpc) is 1.86. The number of carbonyl (C=O) groups is 1. The molecule has 0 radical (unpaired) electrons. The third kappa shape index (κ3) is 1.71. The van der Waals surface area contributed by atoms with Crippen molar-refractivity contribution in [3.8, 4) is 0 Å². The zero-order chi connectivity index (χ0) is 8.48. The second kappa shape index (κ2) is 2.81. The van der Waals surface area contributed by atoms with Gasteiger partial charge in [-0.25, -0.2) is 0 Å². The van der Waals surface area contributed by atoms with Crippen molar-refractivity contribution < 1.29 is 9.53 Å². The summed E-state index contributed by atoms with van der Waals surface area (Å²) in [6.45, 7) is 7.00. The van der Waals surface area contributed by atoms with Crippen LogP contribution in [0.4, 0.5) is 0 Å². The van der Waals surface area contributed by atoms with Crippen molar-refractivity contribution in [2.75, 3.05) is 13.2 Å². The molecule has 0 bridgehead atoms. The van der Waals surface area contributed by atoms with Crippen LogP contribution in [0.3, 0.4) is 0 Å². The van der Waals surface area contributed by atoms with Gasteiger partial charge in [0.2, 0.25) is 5.91 Å². The molecular formula is C8H15NO2. The van der Waals surface area contributed by atoms with Crippen LogP contribution in [0.25, 0.3) is 0 Å². The Labute approximate surface area is 67.1 Å². The summed E-state index contributed by atoms with van der Waals surface area (Å²) in [4.78, 5) is 10.9. The summed E-state index contributed by atoms with van der Waals surface area (Å²) in [5.74, 6) is 0.402. The van der Waals surface area contributed by atoms with E-state index in [2.05, 4.69) is 19.2 Å². The van der Waals surface area contributed by atoms with Crippen molar-refractivity contribution in [1.29, 1.82) is 0 Å². The number of hydrogen-bond acceptors (Lipinski definition) is 2. The molecule has 0 aromatic carbocycles. The maximum atomic E-state index is 10.9. The lowest BCUT2D eigenvalue weighted by molar-refractivity contribution is -0.136. The molecule has 0 saturated carbocycles. The molecule has 1 aliphatic heterocycles. The number of nitrogens with one attached hydrogen (secondary N) is 1. The van der Waals surface area contributed by atoms with Crippen LogP contribution in [-0.2, 0) is 9.53 Å². The van der Waals surface area contributed by atoms with E-state index in [4.69, 9.17) is 4.74 Å². The molecule has 0 spiro atoms. The summed E-state index contributed by atoms with van der Waals surface area (Å²) < 4.78 is 5.15. The van der Waals surface area contributed by atoms with Gasteiger partial charge in [-0.2, -0.15) is 0 Å². The first-order chi connectivity index (χ1) is 5.04. The van der Waals surface area contributed by atoms with E-state index in [1.807, 2.05) is 6.92 Å². The highest BCUT2D eigenvalue weighted by Crippen LogP contribution is 2.18. The lowest BCUT2D eigenvalue weighted by atomic mass is 9.88. The molecule has 1 aliphatic rings. The fourth-order valence-corrected chi connectivity index (χ4v) is 1.06. The molecule has 0 aromatic heterocycles. The molecule has 1 atom stereocenters. The molecule has 1 unspecified atom stereocenters. The normalized spacial score (nSPS) is 32.2. The fraction of sp³-hybridized carbons (Fsp3) is 0.875. The minimum Gasteiger partial charge on any atom is -0.369 e. The molecule has 3 heteroatoms. The van der Waals surface area contributed by atoms with Crippen LogP contribution in [0.15, 0.2) is 0 Å². The highest BCUT2D eigenvalue weighted by Gasteiger charge is 2.33. The minimum absolute atomic E-state index is 0.00699. The maximum Gasteiger partial charge on any atom is 0.246 e. The van der Waals surface area contributed by atoms with Gasteiger partial charge in [0.15, 0.2) is 0 Å². The summed E-state index contributed by atoms with van der Waals surface area (Å²) in [6.07, 6.45) is 0. The van der Waals surface area contributed by atoms with Gasteiger partial charge >= 0.3 is 0 Å². The fourth-order valence-electron chi connectivity index (χ4n) is 1.06. The van der Waals surface area contributed by atoms with E-state index in [-0.39, 0.29) is 18.1 Å². The van der Waals surface area contributed by atoms with Gasteiger partial charge in [-0.3, -0.25) is 4.79 Å². The van der Waals surface area contributed by atoms with E-state index in [9.17, 15) is 4.79 Å². The largest absolute Gasteiger partial charge is 0.369 e.